The molecule has 0 spiro atoms. The van der Waals surface area contributed by atoms with Crippen LogP contribution in [0, 0.1) is 11.3 Å². The molecule has 0 aliphatic heterocycles. The molecule has 92 valence electrons. The minimum Gasteiger partial charge on any atom is -0.494 e. The summed E-state index contributed by atoms with van der Waals surface area (Å²) in [6, 6.07) is 10.2. The van der Waals surface area contributed by atoms with Crippen LogP contribution < -0.4 is 10.5 Å². The molecule has 0 saturated heterocycles. The standard InChI is InChI=1S/C14H20N2O/c1-2-14(16)12-6-8-13(9-7-12)17-11-5-3-4-10-15/h6-9,14H,2-5,11,16H2,1H3. The van der Waals surface area contributed by atoms with Gasteiger partial charge in [0.2, 0.25) is 0 Å². The van der Waals surface area contributed by atoms with E-state index in [1.54, 1.807) is 0 Å². The fraction of sp³-hybridized carbons (Fsp3) is 0.500. The van der Waals surface area contributed by atoms with Crippen molar-refractivity contribution in [3.63, 3.8) is 0 Å². The monoisotopic (exact) mass is 232 g/mol. The molecule has 17 heavy (non-hydrogen) atoms. The summed E-state index contributed by atoms with van der Waals surface area (Å²) in [6.07, 6.45) is 3.36. The molecule has 0 bridgehead atoms. The van der Waals surface area contributed by atoms with Crippen molar-refractivity contribution in [2.45, 2.75) is 38.6 Å². The molecule has 1 rings (SSSR count). The van der Waals surface area contributed by atoms with Crippen molar-refractivity contribution in [2.75, 3.05) is 6.61 Å². The topological polar surface area (TPSA) is 59.0 Å². The molecule has 1 atom stereocenters. The highest BCUT2D eigenvalue weighted by Crippen LogP contribution is 2.18. The Morgan fingerprint density at radius 1 is 1.29 bits per heavy atom. The van der Waals surface area contributed by atoms with Gasteiger partial charge in [0.05, 0.1) is 12.7 Å². The van der Waals surface area contributed by atoms with Crippen molar-refractivity contribution in [1.82, 2.24) is 0 Å². The lowest BCUT2D eigenvalue weighted by atomic mass is 10.1. The highest BCUT2D eigenvalue weighted by Gasteiger charge is 2.02. The Bertz CT molecular complexity index is 353. The molecular formula is C14H20N2O. The van der Waals surface area contributed by atoms with E-state index < -0.39 is 0 Å². The van der Waals surface area contributed by atoms with Crippen molar-refractivity contribution >= 4 is 0 Å². The van der Waals surface area contributed by atoms with Crippen LogP contribution in [0.5, 0.6) is 5.75 Å². The minimum absolute atomic E-state index is 0.111. The van der Waals surface area contributed by atoms with Gasteiger partial charge in [-0.1, -0.05) is 19.1 Å². The summed E-state index contributed by atoms with van der Waals surface area (Å²) in [6.45, 7) is 2.74. The normalized spacial score (nSPS) is 11.8. The van der Waals surface area contributed by atoms with Gasteiger partial charge in [-0.25, -0.2) is 0 Å². The van der Waals surface area contributed by atoms with Crippen LogP contribution in [0.2, 0.25) is 0 Å². The second kappa shape index (κ2) is 7.70. The fourth-order valence-electron chi connectivity index (χ4n) is 1.54. The molecule has 1 unspecified atom stereocenters. The third-order valence-corrected chi connectivity index (χ3v) is 2.70. The first-order chi connectivity index (χ1) is 8.27. The molecule has 0 aromatic heterocycles. The molecule has 0 saturated carbocycles. The predicted molar refractivity (Wildman–Crippen MR) is 68.6 cm³/mol. The molecular weight excluding hydrogens is 212 g/mol. The Balaban J connectivity index is 2.33. The molecule has 3 nitrogen and oxygen atoms in total. The van der Waals surface area contributed by atoms with Crippen molar-refractivity contribution in [1.29, 1.82) is 5.26 Å². The number of unbranched alkanes of at least 4 members (excludes halogenated alkanes) is 2. The Hall–Kier alpha value is -1.53. The van der Waals surface area contributed by atoms with Crippen molar-refractivity contribution in [2.24, 2.45) is 5.73 Å². The quantitative estimate of drug-likeness (QED) is 0.734. The molecule has 0 amide bonds. The van der Waals surface area contributed by atoms with Crippen LogP contribution in [0.15, 0.2) is 24.3 Å². The summed E-state index contributed by atoms with van der Waals surface area (Å²) < 4.78 is 5.57. The SMILES string of the molecule is CCC(N)c1ccc(OCCCCC#N)cc1. The van der Waals surface area contributed by atoms with Gasteiger partial charge in [-0.2, -0.15) is 5.26 Å². The number of hydrogen-bond donors (Lipinski definition) is 1. The molecule has 0 fully saturated rings. The highest BCUT2D eigenvalue weighted by atomic mass is 16.5. The van der Waals surface area contributed by atoms with E-state index in [1.165, 1.54) is 0 Å². The second-order valence-electron chi connectivity index (χ2n) is 4.05. The van der Waals surface area contributed by atoms with Gasteiger partial charge in [0.1, 0.15) is 5.75 Å². The zero-order chi connectivity index (χ0) is 12.5. The van der Waals surface area contributed by atoms with E-state index in [0.29, 0.717) is 13.0 Å². The molecule has 2 N–H and O–H groups in total. The molecule has 3 heteroatoms. The average molecular weight is 232 g/mol. The Kier molecular flexibility index (Phi) is 6.13. The maximum atomic E-state index is 8.39. The van der Waals surface area contributed by atoms with Gasteiger partial charge in [0.15, 0.2) is 0 Å². The summed E-state index contributed by atoms with van der Waals surface area (Å²) in [4.78, 5) is 0. The van der Waals surface area contributed by atoms with Gasteiger partial charge in [-0.05, 0) is 37.0 Å². The third kappa shape index (κ3) is 4.88. The van der Waals surface area contributed by atoms with Gasteiger partial charge in [-0.15, -0.1) is 0 Å². The summed E-state index contributed by atoms with van der Waals surface area (Å²) >= 11 is 0. The zero-order valence-corrected chi connectivity index (χ0v) is 10.4. The minimum atomic E-state index is 0.111. The van der Waals surface area contributed by atoms with Crippen LogP contribution in [0.25, 0.3) is 0 Å². The van der Waals surface area contributed by atoms with Crippen LogP contribution in [0.4, 0.5) is 0 Å². The largest absolute Gasteiger partial charge is 0.494 e. The van der Waals surface area contributed by atoms with Crippen LogP contribution in [0.3, 0.4) is 0 Å². The van der Waals surface area contributed by atoms with Gasteiger partial charge >= 0.3 is 0 Å². The van der Waals surface area contributed by atoms with E-state index in [1.807, 2.05) is 24.3 Å². The van der Waals surface area contributed by atoms with E-state index >= 15 is 0 Å². The zero-order valence-electron chi connectivity index (χ0n) is 10.4. The average Bonchev–Trinajstić information content (AvgIpc) is 2.38. The Morgan fingerprint density at radius 2 is 2.00 bits per heavy atom. The lowest BCUT2D eigenvalue weighted by Gasteiger charge is -2.10. The van der Waals surface area contributed by atoms with E-state index in [-0.39, 0.29) is 6.04 Å². The molecule has 1 aromatic rings. The second-order valence-corrected chi connectivity index (χ2v) is 4.05. The van der Waals surface area contributed by atoms with E-state index in [4.69, 9.17) is 15.7 Å². The highest BCUT2D eigenvalue weighted by molar-refractivity contribution is 5.28. The van der Waals surface area contributed by atoms with E-state index in [2.05, 4.69) is 13.0 Å². The van der Waals surface area contributed by atoms with Crippen LogP contribution in [-0.2, 0) is 0 Å². The number of ether oxygens (including phenoxy) is 1. The smallest absolute Gasteiger partial charge is 0.119 e. The van der Waals surface area contributed by atoms with Crippen LogP contribution >= 0.6 is 0 Å². The first-order valence-electron chi connectivity index (χ1n) is 6.13. The van der Waals surface area contributed by atoms with Crippen molar-refractivity contribution < 1.29 is 4.74 Å². The number of nitriles is 1. The maximum absolute atomic E-state index is 8.39. The molecule has 0 aliphatic rings. The lowest BCUT2D eigenvalue weighted by Crippen LogP contribution is -2.08. The summed E-state index contributed by atoms with van der Waals surface area (Å²) in [5, 5.41) is 8.39. The number of benzene rings is 1. The molecule has 0 heterocycles. The summed E-state index contributed by atoms with van der Waals surface area (Å²) in [7, 11) is 0. The molecule has 0 aliphatic carbocycles. The number of nitrogens with zero attached hydrogens (tertiary/aromatic N) is 1. The number of rotatable bonds is 7. The maximum Gasteiger partial charge on any atom is 0.119 e. The van der Waals surface area contributed by atoms with Crippen molar-refractivity contribution in [3.05, 3.63) is 29.8 Å². The molecule has 0 radical (unpaired) electrons. The first-order valence-corrected chi connectivity index (χ1v) is 6.13. The number of nitrogens with two attached hydrogens (primary N) is 1. The van der Waals surface area contributed by atoms with Crippen molar-refractivity contribution in [3.8, 4) is 11.8 Å². The fourth-order valence-corrected chi connectivity index (χ4v) is 1.54. The van der Waals surface area contributed by atoms with Gasteiger partial charge in [0, 0.05) is 12.5 Å². The number of hydrogen-bond acceptors (Lipinski definition) is 3. The Labute approximate surface area is 103 Å². The van der Waals surface area contributed by atoms with Gasteiger partial charge in [-0.3, -0.25) is 0 Å². The first kappa shape index (κ1) is 13.5. The van der Waals surface area contributed by atoms with Crippen LogP contribution in [0.1, 0.15) is 44.2 Å². The lowest BCUT2D eigenvalue weighted by molar-refractivity contribution is 0.307. The van der Waals surface area contributed by atoms with Crippen LogP contribution in [-0.4, -0.2) is 6.61 Å². The Morgan fingerprint density at radius 3 is 2.59 bits per heavy atom. The van der Waals surface area contributed by atoms with Gasteiger partial charge < -0.3 is 10.5 Å². The summed E-state index contributed by atoms with van der Waals surface area (Å²) in [5.74, 6) is 0.869. The summed E-state index contributed by atoms with van der Waals surface area (Å²) in [5.41, 5.74) is 7.07. The third-order valence-electron chi connectivity index (χ3n) is 2.70. The van der Waals surface area contributed by atoms with E-state index in [9.17, 15) is 0 Å². The van der Waals surface area contributed by atoms with Gasteiger partial charge in [0.25, 0.3) is 0 Å². The molecule has 1 aromatic carbocycles. The predicted octanol–water partition coefficient (Wildman–Crippen LogP) is 3.17. The van der Waals surface area contributed by atoms with E-state index in [0.717, 1.165) is 30.6 Å².